The van der Waals surface area contributed by atoms with Crippen molar-refractivity contribution in [1.82, 2.24) is 0 Å². The van der Waals surface area contributed by atoms with Crippen molar-refractivity contribution in [3.05, 3.63) is 0 Å². The Bertz CT molecular complexity index is 216. The lowest BCUT2D eigenvalue weighted by Crippen LogP contribution is -2.07. The number of unbranched alkanes of at least 4 members (excludes halogenated alkanes) is 1. The summed E-state index contributed by atoms with van der Waals surface area (Å²) in [7, 11) is 0. The van der Waals surface area contributed by atoms with Gasteiger partial charge >= 0.3 is 5.97 Å². The van der Waals surface area contributed by atoms with Crippen LogP contribution in [0.5, 0.6) is 0 Å². The second kappa shape index (κ2) is 9.78. The van der Waals surface area contributed by atoms with Gasteiger partial charge in [-0.2, -0.15) is 0 Å². The summed E-state index contributed by atoms with van der Waals surface area (Å²) in [5.74, 6) is 0.673. The summed E-state index contributed by atoms with van der Waals surface area (Å²) in [6.07, 6.45) is 3.53. The largest absolute Gasteiger partial charge is 0.466 e. The third kappa shape index (κ3) is 11.7. The summed E-state index contributed by atoms with van der Waals surface area (Å²) in [4.78, 5) is 11.2. The first-order valence-corrected chi connectivity index (χ1v) is 7.03. The van der Waals surface area contributed by atoms with Crippen molar-refractivity contribution < 1.29 is 18.3 Å². The molecule has 0 aliphatic heterocycles. The van der Waals surface area contributed by atoms with Crippen LogP contribution in [0.15, 0.2) is 0 Å². The van der Waals surface area contributed by atoms with E-state index in [1.165, 1.54) is 0 Å². The summed E-state index contributed by atoms with van der Waals surface area (Å²) in [5.41, 5.74) is 0. The molecule has 0 heterocycles. The van der Waals surface area contributed by atoms with E-state index in [-0.39, 0.29) is 11.7 Å². The van der Waals surface area contributed by atoms with Crippen LogP contribution in [0.4, 0.5) is 0 Å². The Morgan fingerprint density at radius 3 is 2.56 bits per heavy atom. The van der Waals surface area contributed by atoms with Gasteiger partial charge < -0.3 is 9.29 Å². The Labute approximate surface area is 100 Å². The SMILES string of the molecule is CC(C)CCCOC(=O)CCCCS(=O)O. The lowest BCUT2D eigenvalue weighted by atomic mass is 10.1. The molecule has 1 unspecified atom stereocenters. The average molecular weight is 250 g/mol. The van der Waals surface area contributed by atoms with Gasteiger partial charge in [0.2, 0.25) is 0 Å². The van der Waals surface area contributed by atoms with E-state index >= 15 is 0 Å². The van der Waals surface area contributed by atoms with Gasteiger partial charge in [-0.15, -0.1) is 0 Å². The zero-order valence-electron chi connectivity index (χ0n) is 10.1. The molecule has 0 radical (unpaired) electrons. The molecule has 1 N–H and O–H groups in total. The summed E-state index contributed by atoms with van der Waals surface area (Å²) in [5, 5.41) is 0. The van der Waals surface area contributed by atoms with Crippen molar-refractivity contribution in [2.24, 2.45) is 5.92 Å². The molecular weight excluding hydrogens is 228 g/mol. The molecule has 0 spiro atoms. The highest BCUT2D eigenvalue weighted by Gasteiger charge is 2.03. The molecular formula is C11H22O4S. The number of hydrogen-bond acceptors (Lipinski definition) is 3. The van der Waals surface area contributed by atoms with E-state index in [1.54, 1.807) is 0 Å². The Hall–Kier alpha value is -0.420. The maximum atomic E-state index is 11.2. The lowest BCUT2D eigenvalue weighted by molar-refractivity contribution is -0.143. The van der Waals surface area contributed by atoms with Crippen LogP contribution in [0.3, 0.4) is 0 Å². The minimum absolute atomic E-state index is 0.201. The molecule has 0 saturated heterocycles. The van der Waals surface area contributed by atoms with Gasteiger partial charge in [0.05, 0.1) is 6.61 Å². The van der Waals surface area contributed by atoms with Crippen molar-refractivity contribution in [2.75, 3.05) is 12.4 Å². The number of carbonyl (C=O) groups is 1. The van der Waals surface area contributed by atoms with Gasteiger partial charge in [0.25, 0.3) is 0 Å². The topological polar surface area (TPSA) is 63.6 Å². The molecule has 0 bridgehead atoms. The molecule has 16 heavy (non-hydrogen) atoms. The summed E-state index contributed by atoms with van der Waals surface area (Å²) in [6.45, 7) is 4.76. The Balaban J connectivity index is 3.28. The molecule has 0 fully saturated rings. The summed E-state index contributed by atoms with van der Waals surface area (Å²) >= 11 is -1.74. The number of ether oxygens (including phenoxy) is 1. The van der Waals surface area contributed by atoms with E-state index in [9.17, 15) is 9.00 Å². The summed E-state index contributed by atoms with van der Waals surface area (Å²) in [6, 6.07) is 0. The van der Waals surface area contributed by atoms with Crippen LogP contribution in [-0.2, 0) is 20.6 Å². The molecule has 0 saturated carbocycles. The van der Waals surface area contributed by atoms with Crippen LogP contribution in [-0.4, -0.2) is 27.1 Å². The predicted octanol–water partition coefficient (Wildman–Crippen LogP) is 2.36. The zero-order valence-corrected chi connectivity index (χ0v) is 10.9. The van der Waals surface area contributed by atoms with Crippen LogP contribution in [0, 0.1) is 5.92 Å². The van der Waals surface area contributed by atoms with Crippen molar-refractivity contribution in [3.8, 4) is 0 Å². The molecule has 0 aromatic heterocycles. The van der Waals surface area contributed by atoms with Gasteiger partial charge in [-0.25, -0.2) is 4.21 Å². The van der Waals surface area contributed by atoms with Gasteiger partial charge in [0.15, 0.2) is 11.1 Å². The second-order valence-electron chi connectivity index (χ2n) is 4.24. The highest BCUT2D eigenvalue weighted by atomic mass is 32.2. The average Bonchev–Trinajstić information content (AvgIpc) is 2.19. The van der Waals surface area contributed by atoms with E-state index in [2.05, 4.69) is 13.8 Å². The van der Waals surface area contributed by atoms with E-state index in [1.807, 2.05) is 0 Å². The molecule has 0 aromatic rings. The Morgan fingerprint density at radius 1 is 1.31 bits per heavy atom. The van der Waals surface area contributed by atoms with Gasteiger partial charge in [0.1, 0.15) is 0 Å². The first-order valence-electron chi connectivity index (χ1n) is 5.75. The fourth-order valence-corrected chi connectivity index (χ4v) is 1.70. The Morgan fingerprint density at radius 2 is 2.00 bits per heavy atom. The quantitative estimate of drug-likeness (QED) is 0.387. The minimum Gasteiger partial charge on any atom is -0.466 e. The predicted molar refractivity (Wildman–Crippen MR) is 64.5 cm³/mol. The molecule has 4 nitrogen and oxygen atoms in total. The van der Waals surface area contributed by atoms with Crippen molar-refractivity contribution in [2.45, 2.75) is 46.0 Å². The fraction of sp³-hybridized carbons (Fsp3) is 0.909. The Kier molecular flexibility index (Phi) is 9.52. The number of rotatable bonds is 9. The van der Waals surface area contributed by atoms with Gasteiger partial charge in [-0.05, 0) is 31.6 Å². The standard InChI is InChI=1S/C11H22O4S/c1-10(2)6-5-8-15-11(12)7-3-4-9-16(13)14/h10H,3-9H2,1-2H3,(H,13,14). The molecule has 0 aliphatic rings. The normalized spacial score (nSPS) is 12.8. The monoisotopic (exact) mass is 250 g/mol. The van der Waals surface area contributed by atoms with Crippen LogP contribution in [0.1, 0.15) is 46.0 Å². The van der Waals surface area contributed by atoms with E-state index in [4.69, 9.17) is 9.29 Å². The zero-order chi connectivity index (χ0) is 12.4. The van der Waals surface area contributed by atoms with Gasteiger partial charge in [0, 0.05) is 12.2 Å². The van der Waals surface area contributed by atoms with Gasteiger partial charge in [-0.3, -0.25) is 4.79 Å². The second-order valence-corrected chi connectivity index (χ2v) is 5.29. The first-order chi connectivity index (χ1) is 7.52. The van der Waals surface area contributed by atoms with Crippen LogP contribution in [0.2, 0.25) is 0 Å². The number of esters is 1. The first kappa shape index (κ1) is 15.6. The van der Waals surface area contributed by atoms with Crippen molar-refractivity contribution in [3.63, 3.8) is 0 Å². The molecule has 0 aliphatic carbocycles. The molecule has 96 valence electrons. The van der Waals surface area contributed by atoms with E-state index < -0.39 is 11.1 Å². The molecule has 0 aromatic carbocycles. The molecule has 1 atom stereocenters. The maximum Gasteiger partial charge on any atom is 0.305 e. The lowest BCUT2D eigenvalue weighted by Gasteiger charge is -2.06. The summed E-state index contributed by atoms with van der Waals surface area (Å²) < 4.78 is 23.8. The van der Waals surface area contributed by atoms with Crippen molar-refractivity contribution in [1.29, 1.82) is 0 Å². The maximum absolute atomic E-state index is 11.2. The molecule has 5 heteroatoms. The fourth-order valence-electron chi connectivity index (χ4n) is 1.24. The number of carbonyl (C=O) groups excluding carboxylic acids is 1. The highest BCUT2D eigenvalue weighted by molar-refractivity contribution is 7.79. The van der Waals surface area contributed by atoms with Crippen LogP contribution < -0.4 is 0 Å². The third-order valence-corrected chi connectivity index (χ3v) is 2.78. The van der Waals surface area contributed by atoms with Crippen LogP contribution >= 0.6 is 0 Å². The molecule has 0 rings (SSSR count). The smallest absolute Gasteiger partial charge is 0.305 e. The van der Waals surface area contributed by atoms with E-state index in [0.29, 0.717) is 31.8 Å². The third-order valence-electron chi connectivity index (χ3n) is 2.14. The van der Waals surface area contributed by atoms with Crippen molar-refractivity contribution >= 4 is 17.0 Å². The van der Waals surface area contributed by atoms with E-state index in [0.717, 1.165) is 12.8 Å². The van der Waals surface area contributed by atoms with Gasteiger partial charge in [-0.1, -0.05) is 13.8 Å². The number of hydrogen-bond donors (Lipinski definition) is 1. The minimum atomic E-state index is -1.74. The van der Waals surface area contributed by atoms with Crippen LogP contribution in [0.25, 0.3) is 0 Å². The molecule has 0 amide bonds. The highest BCUT2D eigenvalue weighted by Crippen LogP contribution is 2.04.